The minimum absolute atomic E-state index is 0.172. The Morgan fingerprint density at radius 1 is 1.07 bits per heavy atom. The van der Waals surface area contributed by atoms with Crippen molar-refractivity contribution >= 4 is 29.5 Å². The molecule has 0 bridgehead atoms. The summed E-state index contributed by atoms with van der Waals surface area (Å²) in [6, 6.07) is 15.4. The van der Waals surface area contributed by atoms with Gasteiger partial charge in [0.05, 0.1) is 13.7 Å². The van der Waals surface area contributed by atoms with Gasteiger partial charge in [-0.05, 0) is 49.1 Å². The second kappa shape index (κ2) is 10.2. The third kappa shape index (κ3) is 5.33. The molecule has 2 amide bonds. The van der Waals surface area contributed by atoms with Gasteiger partial charge in [-0.25, -0.2) is 4.79 Å². The minimum Gasteiger partial charge on any atom is -0.467 e. The summed E-state index contributed by atoms with van der Waals surface area (Å²) in [5, 5.41) is 2.80. The first-order valence-corrected chi connectivity index (χ1v) is 10.8. The van der Waals surface area contributed by atoms with Gasteiger partial charge in [0.2, 0.25) is 5.91 Å². The summed E-state index contributed by atoms with van der Waals surface area (Å²) in [6.07, 6.45) is 2.50. The van der Waals surface area contributed by atoms with Crippen molar-refractivity contribution in [2.75, 3.05) is 26.5 Å². The number of nitrogens with one attached hydrogen (secondary N) is 1. The molecule has 1 aliphatic heterocycles. The first-order chi connectivity index (χ1) is 14.5. The molecule has 3 rings (SSSR count). The van der Waals surface area contributed by atoms with E-state index in [0.29, 0.717) is 30.0 Å². The molecule has 0 unspecified atom stereocenters. The van der Waals surface area contributed by atoms with Gasteiger partial charge in [0.25, 0.3) is 5.91 Å². The number of hydrogen-bond donors (Lipinski definition) is 1. The first kappa shape index (κ1) is 21.7. The zero-order valence-corrected chi connectivity index (χ0v) is 17.7. The number of nitrogens with zero attached hydrogens (tertiary/aromatic N) is 1. The van der Waals surface area contributed by atoms with Crippen LogP contribution in [0.15, 0.2) is 54.6 Å². The lowest BCUT2D eigenvalue weighted by molar-refractivity contribution is -0.150. The quantitative estimate of drug-likeness (QED) is 0.683. The molecular weight excluding hydrogens is 404 g/mol. The fourth-order valence-electron chi connectivity index (χ4n) is 3.26. The van der Waals surface area contributed by atoms with Crippen LogP contribution in [0.1, 0.15) is 16.8 Å². The zero-order chi connectivity index (χ0) is 21.5. The van der Waals surface area contributed by atoms with Crippen LogP contribution < -0.4 is 10.1 Å². The predicted octanol–water partition coefficient (Wildman–Crippen LogP) is 2.71. The van der Waals surface area contributed by atoms with E-state index in [1.165, 1.54) is 12.0 Å². The number of methoxy groups -OCH3 is 1. The fourth-order valence-corrected chi connectivity index (χ4v) is 3.95. The molecule has 0 aliphatic carbocycles. The number of carbonyl (C=O) groups excluding carboxylic acids is 3. The highest BCUT2D eigenvalue weighted by Gasteiger charge is 2.39. The number of hydrogen-bond acceptors (Lipinski definition) is 6. The lowest BCUT2D eigenvalue weighted by Gasteiger charge is -2.22. The van der Waals surface area contributed by atoms with Crippen molar-refractivity contribution in [2.24, 2.45) is 0 Å². The Balaban J connectivity index is 1.55. The highest BCUT2D eigenvalue weighted by molar-refractivity contribution is 7.99. The van der Waals surface area contributed by atoms with Crippen LogP contribution in [0.4, 0.5) is 0 Å². The van der Waals surface area contributed by atoms with E-state index in [1.54, 1.807) is 36.0 Å². The van der Waals surface area contributed by atoms with Crippen LogP contribution in [0.25, 0.3) is 0 Å². The summed E-state index contributed by atoms with van der Waals surface area (Å²) in [6.45, 7) is 0.275. The van der Waals surface area contributed by atoms with E-state index in [9.17, 15) is 14.4 Å². The minimum atomic E-state index is -0.605. The van der Waals surface area contributed by atoms with E-state index in [0.717, 1.165) is 0 Å². The molecule has 0 spiro atoms. The van der Waals surface area contributed by atoms with Crippen LogP contribution in [0, 0.1) is 0 Å². The number of likely N-dealkylation sites (tertiary alicyclic amines) is 1. The highest BCUT2D eigenvalue weighted by Crippen LogP contribution is 2.27. The monoisotopic (exact) mass is 428 g/mol. The van der Waals surface area contributed by atoms with Gasteiger partial charge in [0, 0.05) is 17.4 Å². The van der Waals surface area contributed by atoms with Crippen LogP contribution in [-0.4, -0.2) is 60.4 Å². The molecule has 2 atom stereocenters. The van der Waals surface area contributed by atoms with Crippen molar-refractivity contribution in [3.8, 4) is 11.5 Å². The molecule has 0 aromatic heterocycles. The average molecular weight is 429 g/mol. The van der Waals surface area contributed by atoms with E-state index in [2.05, 4.69) is 5.32 Å². The van der Waals surface area contributed by atoms with Crippen molar-refractivity contribution in [2.45, 2.75) is 17.7 Å². The van der Waals surface area contributed by atoms with Crippen molar-refractivity contribution in [3.63, 3.8) is 0 Å². The zero-order valence-electron chi connectivity index (χ0n) is 16.9. The van der Waals surface area contributed by atoms with Crippen molar-refractivity contribution in [1.29, 1.82) is 0 Å². The summed E-state index contributed by atoms with van der Waals surface area (Å²) in [5.74, 6) is 0.203. The van der Waals surface area contributed by atoms with E-state index in [4.69, 9.17) is 9.47 Å². The van der Waals surface area contributed by atoms with Crippen LogP contribution in [0.2, 0.25) is 0 Å². The maximum atomic E-state index is 12.6. The third-order valence-electron chi connectivity index (χ3n) is 4.89. The molecule has 7 nitrogen and oxygen atoms in total. The smallest absolute Gasteiger partial charge is 0.328 e. The van der Waals surface area contributed by atoms with Crippen LogP contribution >= 0.6 is 11.8 Å². The summed E-state index contributed by atoms with van der Waals surface area (Å²) in [5.41, 5.74) is 0.413. The molecule has 0 saturated carbocycles. The van der Waals surface area contributed by atoms with E-state index < -0.39 is 12.0 Å². The molecule has 1 aliphatic rings. The number of amides is 2. The Kier molecular flexibility index (Phi) is 7.35. The molecule has 2 aromatic rings. The standard InChI is InChI=1S/C22H24N2O5S/c1-28-22(27)19-12-18(30-2)14-24(19)20(25)13-23-21(26)15-8-10-17(11-9-15)29-16-6-4-3-5-7-16/h3-11,18-19H,12-14H2,1-2H3,(H,23,26)/t18-,19+/m1/s1. The Morgan fingerprint density at radius 2 is 1.73 bits per heavy atom. The van der Waals surface area contributed by atoms with Crippen LogP contribution in [0.5, 0.6) is 11.5 Å². The van der Waals surface area contributed by atoms with Crippen molar-refractivity contribution < 1.29 is 23.9 Å². The largest absolute Gasteiger partial charge is 0.467 e. The van der Waals surface area contributed by atoms with Gasteiger partial charge in [0.1, 0.15) is 17.5 Å². The van der Waals surface area contributed by atoms with E-state index >= 15 is 0 Å². The fraction of sp³-hybridized carbons (Fsp3) is 0.318. The number of para-hydroxylation sites is 1. The first-order valence-electron chi connectivity index (χ1n) is 9.53. The van der Waals surface area contributed by atoms with Gasteiger partial charge in [0.15, 0.2) is 0 Å². The van der Waals surface area contributed by atoms with Gasteiger partial charge < -0.3 is 19.7 Å². The molecule has 158 valence electrons. The Morgan fingerprint density at radius 3 is 2.37 bits per heavy atom. The van der Waals surface area contributed by atoms with Gasteiger partial charge >= 0.3 is 5.97 Å². The number of rotatable bonds is 7. The third-order valence-corrected chi connectivity index (χ3v) is 5.89. The summed E-state index contributed by atoms with van der Waals surface area (Å²) >= 11 is 1.61. The second-order valence-corrected chi connectivity index (χ2v) is 7.94. The van der Waals surface area contributed by atoms with Crippen molar-refractivity contribution in [1.82, 2.24) is 10.2 Å². The van der Waals surface area contributed by atoms with E-state index in [1.807, 2.05) is 36.6 Å². The number of carbonyl (C=O) groups is 3. The summed E-state index contributed by atoms with van der Waals surface area (Å²) in [4.78, 5) is 38.5. The molecule has 0 radical (unpaired) electrons. The van der Waals surface area contributed by atoms with Crippen molar-refractivity contribution in [3.05, 3.63) is 60.2 Å². The number of thioether (sulfide) groups is 1. The molecule has 1 N–H and O–H groups in total. The molecule has 2 aromatic carbocycles. The van der Waals surface area contributed by atoms with Crippen LogP contribution in [0.3, 0.4) is 0 Å². The van der Waals surface area contributed by atoms with Gasteiger partial charge in [-0.1, -0.05) is 18.2 Å². The predicted molar refractivity (Wildman–Crippen MR) is 115 cm³/mol. The molecular formula is C22H24N2O5S. The van der Waals surface area contributed by atoms with Crippen LogP contribution in [-0.2, 0) is 14.3 Å². The molecule has 8 heteroatoms. The Bertz CT molecular complexity index is 888. The molecule has 1 fully saturated rings. The van der Waals surface area contributed by atoms with Gasteiger partial charge in [-0.15, -0.1) is 0 Å². The SMILES string of the molecule is COC(=O)[C@@H]1C[C@@H](SC)CN1C(=O)CNC(=O)c1ccc(Oc2ccccc2)cc1. The average Bonchev–Trinajstić information content (AvgIpc) is 3.22. The summed E-state index contributed by atoms with van der Waals surface area (Å²) < 4.78 is 10.5. The Hall–Kier alpha value is -3.00. The number of benzene rings is 2. The highest BCUT2D eigenvalue weighted by atomic mass is 32.2. The summed E-state index contributed by atoms with van der Waals surface area (Å²) in [7, 11) is 1.31. The van der Waals surface area contributed by atoms with E-state index in [-0.39, 0.29) is 23.6 Å². The number of ether oxygens (including phenoxy) is 2. The lowest BCUT2D eigenvalue weighted by atomic mass is 10.2. The molecule has 1 heterocycles. The second-order valence-electron chi connectivity index (χ2n) is 6.80. The molecule has 30 heavy (non-hydrogen) atoms. The van der Waals surface area contributed by atoms with Gasteiger partial charge in [-0.3, -0.25) is 9.59 Å². The molecule has 1 saturated heterocycles. The number of esters is 1. The Labute approximate surface area is 179 Å². The normalized spacial score (nSPS) is 18.0. The lowest BCUT2D eigenvalue weighted by Crippen LogP contribution is -2.46. The van der Waals surface area contributed by atoms with Gasteiger partial charge in [-0.2, -0.15) is 11.8 Å². The topological polar surface area (TPSA) is 84.9 Å². The maximum absolute atomic E-state index is 12.6. The maximum Gasteiger partial charge on any atom is 0.328 e.